The van der Waals surface area contributed by atoms with Gasteiger partial charge in [-0.3, -0.25) is 0 Å². The molecule has 1 rings (SSSR count). The van der Waals surface area contributed by atoms with Gasteiger partial charge in [-0.2, -0.15) is 13.2 Å². The highest BCUT2D eigenvalue weighted by atomic mass is 79.9. The minimum Gasteiger partial charge on any atom is -0.249 e. The lowest BCUT2D eigenvalue weighted by atomic mass is 10.3. The largest absolute Gasteiger partial charge is 0.434 e. The molecule has 0 aliphatic carbocycles. The lowest BCUT2D eigenvalue weighted by molar-refractivity contribution is -0.141. The first kappa shape index (κ1) is 9.98. The number of hydrogen-bond donors (Lipinski definition) is 0. The molecule has 66 valence electrons. The van der Waals surface area contributed by atoms with Crippen molar-refractivity contribution in [3.05, 3.63) is 26.9 Å². The second-order valence-corrected chi connectivity index (χ2v) is 3.75. The van der Waals surface area contributed by atoms with Gasteiger partial charge in [-0.05, 0) is 37.9 Å². The first-order chi connectivity index (χ1) is 5.41. The first-order valence-corrected chi connectivity index (χ1v) is 4.38. The molecule has 0 atom stereocenters. The highest BCUT2D eigenvalue weighted by Gasteiger charge is 2.34. The van der Waals surface area contributed by atoms with Crippen LogP contribution < -0.4 is 0 Å². The van der Waals surface area contributed by atoms with E-state index in [2.05, 4.69) is 36.8 Å². The molecule has 0 aliphatic heterocycles. The minimum absolute atomic E-state index is 0.0654. The fourth-order valence-electron chi connectivity index (χ4n) is 0.623. The van der Waals surface area contributed by atoms with Crippen molar-refractivity contribution < 1.29 is 13.2 Å². The van der Waals surface area contributed by atoms with Crippen LogP contribution in [0.25, 0.3) is 0 Å². The molecule has 1 heterocycles. The standard InChI is InChI=1S/C6H2Br2F3N/c7-3-1-4(8)5(12-2-3)6(9,10)11/h1-2H. The van der Waals surface area contributed by atoms with Gasteiger partial charge < -0.3 is 0 Å². The molecule has 1 nitrogen and oxygen atoms in total. The molecule has 0 radical (unpaired) electrons. The van der Waals surface area contributed by atoms with E-state index in [0.29, 0.717) is 4.47 Å². The second kappa shape index (κ2) is 3.33. The molecule has 0 saturated heterocycles. The van der Waals surface area contributed by atoms with Crippen LogP contribution in [0.3, 0.4) is 0 Å². The molecule has 1 aromatic rings. The van der Waals surface area contributed by atoms with E-state index < -0.39 is 11.9 Å². The van der Waals surface area contributed by atoms with Gasteiger partial charge >= 0.3 is 6.18 Å². The minimum atomic E-state index is -4.40. The van der Waals surface area contributed by atoms with Crippen molar-refractivity contribution in [2.24, 2.45) is 0 Å². The number of aromatic nitrogens is 1. The van der Waals surface area contributed by atoms with E-state index in [1.54, 1.807) is 0 Å². The Morgan fingerprint density at radius 3 is 2.25 bits per heavy atom. The Bertz CT molecular complexity index is 297. The quantitative estimate of drug-likeness (QED) is 0.713. The van der Waals surface area contributed by atoms with Gasteiger partial charge in [-0.15, -0.1) is 0 Å². The second-order valence-electron chi connectivity index (χ2n) is 1.98. The van der Waals surface area contributed by atoms with Crippen LogP contribution in [0.2, 0.25) is 0 Å². The van der Waals surface area contributed by atoms with Crippen molar-refractivity contribution in [1.82, 2.24) is 4.98 Å². The summed E-state index contributed by atoms with van der Waals surface area (Å²) in [5, 5.41) is 0. The van der Waals surface area contributed by atoms with Crippen molar-refractivity contribution >= 4 is 31.9 Å². The maximum atomic E-state index is 12.1. The summed E-state index contributed by atoms with van der Waals surface area (Å²) in [7, 11) is 0. The molecule has 12 heavy (non-hydrogen) atoms. The summed E-state index contributed by atoms with van der Waals surface area (Å²) in [6.07, 6.45) is -3.30. The smallest absolute Gasteiger partial charge is 0.249 e. The summed E-state index contributed by atoms with van der Waals surface area (Å²) in [5.74, 6) is 0. The highest BCUT2D eigenvalue weighted by Crippen LogP contribution is 2.33. The molecule has 6 heteroatoms. The molecule has 1 aromatic heterocycles. The van der Waals surface area contributed by atoms with Crippen molar-refractivity contribution in [2.45, 2.75) is 6.18 Å². The van der Waals surface area contributed by atoms with E-state index in [1.165, 1.54) is 6.07 Å². The number of rotatable bonds is 0. The highest BCUT2D eigenvalue weighted by molar-refractivity contribution is 9.11. The van der Waals surface area contributed by atoms with Gasteiger partial charge in [0.15, 0.2) is 5.69 Å². The number of pyridine rings is 1. The van der Waals surface area contributed by atoms with Gasteiger partial charge in [0.2, 0.25) is 0 Å². The van der Waals surface area contributed by atoms with Crippen molar-refractivity contribution in [3.63, 3.8) is 0 Å². The Morgan fingerprint density at radius 2 is 1.83 bits per heavy atom. The number of hydrogen-bond acceptors (Lipinski definition) is 1. The van der Waals surface area contributed by atoms with Gasteiger partial charge in [-0.25, -0.2) is 4.98 Å². The third kappa shape index (κ3) is 2.20. The van der Waals surface area contributed by atoms with Crippen LogP contribution in [-0.4, -0.2) is 4.98 Å². The average Bonchev–Trinajstić information content (AvgIpc) is 1.83. The molecule has 0 aromatic carbocycles. The third-order valence-electron chi connectivity index (χ3n) is 1.08. The van der Waals surface area contributed by atoms with Crippen LogP contribution >= 0.6 is 31.9 Å². The van der Waals surface area contributed by atoms with Crippen LogP contribution in [-0.2, 0) is 6.18 Å². The van der Waals surface area contributed by atoms with Crippen molar-refractivity contribution in [3.8, 4) is 0 Å². The topological polar surface area (TPSA) is 12.9 Å². The SMILES string of the molecule is FC(F)(F)c1ncc(Br)cc1Br. The Kier molecular flexibility index (Phi) is 2.77. The van der Waals surface area contributed by atoms with E-state index >= 15 is 0 Å². The average molecular weight is 305 g/mol. The van der Waals surface area contributed by atoms with E-state index in [0.717, 1.165) is 6.20 Å². The van der Waals surface area contributed by atoms with Crippen LogP contribution in [0.1, 0.15) is 5.69 Å². The fraction of sp³-hybridized carbons (Fsp3) is 0.167. The van der Waals surface area contributed by atoms with Gasteiger partial charge in [0, 0.05) is 15.1 Å². The number of nitrogens with zero attached hydrogens (tertiary/aromatic N) is 1. The zero-order valence-electron chi connectivity index (χ0n) is 5.49. The predicted molar refractivity (Wildman–Crippen MR) is 44.6 cm³/mol. The zero-order chi connectivity index (χ0) is 9.35. The van der Waals surface area contributed by atoms with Crippen LogP contribution in [0.5, 0.6) is 0 Å². The molecule has 0 bridgehead atoms. The predicted octanol–water partition coefficient (Wildman–Crippen LogP) is 3.63. The van der Waals surface area contributed by atoms with Gasteiger partial charge in [-0.1, -0.05) is 0 Å². The molecular weight excluding hydrogens is 303 g/mol. The molecule has 0 spiro atoms. The van der Waals surface area contributed by atoms with E-state index in [-0.39, 0.29) is 4.47 Å². The normalized spacial score (nSPS) is 11.8. The summed E-state index contributed by atoms with van der Waals surface area (Å²) < 4.78 is 36.7. The lowest BCUT2D eigenvalue weighted by Gasteiger charge is -2.06. The molecule has 0 saturated carbocycles. The van der Waals surface area contributed by atoms with E-state index in [4.69, 9.17) is 0 Å². The summed E-state index contributed by atoms with van der Waals surface area (Å²) in [5.41, 5.74) is -0.911. The Labute approximate surface area is 83.2 Å². The zero-order valence-corrected chi connectivity index (χ0v) is 8.66. The third-order valence-corrected chi connectivity index (χ3v) is 2.11. The van der Waals surface area contributed by atoms with E-state index in [9.17, 15) is 13.2 Å². The monoisotopic (exact) mass is 303 g/mol. The molecule has 0 unspecified atom stereocenters. The molecule has 0 amide bonds. The Hall–Kier alpha value is -0.100. The summed E-state index contributed by atoms with van der Waals surface area (Å²) in [4.78, 5) is 3.23. The first-order valence-electron chi connectivity index (χ1n) is 2.79. The maximum Gasteiger partial charge on any atom is 0.434 e. The number of halogens is 5. The molecule has 0 fully saturated rings. The molecular formula is C6H2Br2F3N. The van der Waals surface area contributed by atoms with Crippen molar-refractivity contribution in [1.29, 1.82) is 0 Å². The Morgan fingerprint density at radius 1 is 1.25 bits per heavy atom. The molecule has 0 N–H and O–H groups in total. The summed E-state index contributed by atoms with van der Waals surface area (Å²) >= 11 is 5.77. The van der Waals surface area contributed by atoms with E-state index in [1.807, 2.05) is 0 Å². The maximum absolute atomic E-state index is 12.1. The number of alkyl halides is 3. The van der Waals surface area contributed by atoms with Crippen LogP contribution in [0.4, 0.5) is 13.2 Å². The summed E-state index contributed by atoms with van der Waals surface area (Å²) in [6, 6.07) is 1.30. The van der Waals surface area contributed by atoms with Gasteiger partial charge in [0.25, 0.3) is 0 Å². The Balaban J connectivity index is 3.19. The van der Waals surface area contributed by atoms with Gasteiger partial charge in [0.1, 0.15) is 0 Å². The molecule has 0 aliphatic rings. The lowest BCUT2D eigenvalue weighted by Crippen LogP contribution is -2.08. The van der Waals surface area contributed by atoms with Crippen LogP contribution in [0.15, 0.2) is 21.2 Å². The van der Waals surface area contributed by atoms with Gasteiger partial charge in [0.05, 0.1) is 0 Å². The van der Waals surface area contributed by atoms with Crippen LogP contribution in [0, 0.1) is 0 Å². The van der Waals surface area contributed by atoms with Crippen molar-refractivity contribution in [2.75, 3.05) is 0 Å². The fourth-order valence-corrected chi connectivity index (χ4v) is 1.84. The summed E-state index contributed by atoms with van der Waals surface area (Å²) in [6.45, 7) is 0.